The van der Waals surface area contributed by atoms with Crippen molar-refractivity contribution in [3.63, 3.8) is 0 Å². The molecule has 0 N–H and O–H groups in total. The van der Waals surface area contributed by atoms with Crippen LogP contribution < -0.4 is 0 Å². The summed E-state index contributed by atoms with van der Waals surface area (Å²) in [5.41, 5.74) is 0.372. The van der Waals surface area contributed by atoms with Crippen LogP contribution in [0.25, 0.3) is 0 Å². The molecular weight excluding hydrogens is 278 g/mol. The molecule has 0 heterocycles. The van der Waals surface area contributed by atoms with E-state index in [1.54, 1.807) is 0 Å². The van der Waals surface area contributed by atoms with Crippen molar-refractivity contribution in [3.05, 3.63) is 29.8 Å². The van der Waals surface area contributed by atoms with E-state index in [2.05, 4.69) is 0 Å². The first kappa shape index (κ1) is 14.9. The lowest BCUT2D eigenvalue weighted by Gasteiger charge is -2.11. The predicted octanol–water partition coefficient (Wildman–Crippen LogP) is 1.49. The first-order valence-electron chi connectivity index (χ1n) is 6.41. The summed E-state index contributed by atoms with van der Waals surface area (Å²) in [6.45, 7) is 0. The van der Waals surface area contributed by atoms with Crippen molar-refractivity contribution in [1.82, 2.24) is 4.31 Å². The highest BCUT2D eigenvalue weighted by Crippen LogP contribution is 2.31. The minimum atomic E-state index is -3.49. The van der Waals surface area contributed by atoms with Gasteiger partial charge in [0.1, 0.15) is 5.78 Å². The Morgan fingerprint density at radius 2 is 1.70 bits per heavy atom. The Morgan fingerprint density at radius 3 is 2.15 bits per heavy atom. The van der Waals surface area contributed by atoms with Gasteiger partial charge in [-0.2, -0.15) is 0 Å². The largest absolute Gasteiger partial charge is 0.299 e. The summed E-state index contributed by atoms with van der Waals surface area (Å²) in [6, 6.07) is 5.70. The van der Waals surface area contributed by atoms with Gasteiger partial charge in [0.25, 0.3) is 0 Å². The van der Waals surface area contributed by atoms with Gasteiger partial charge >= 0.3 is 0 Å². The van der Waals surface area contributed by atoms with Crippen LogP contribution in [0, 0.1) is 5.92 Å². The van der Waals surface area contributed by atoms with Crippen molar-refractivity contribution in [3.8, 4) is 0 Å². The Morgan fingerprint density at radius 1 is 1.15 bits per heavy atom. The highest BCUT2D eigenvalue weighted by atomic mass is 32.2. The molecule has 0 atom stereocenters. The average Bonchev–Trinajstić information content (AvgIpc) is 3.22. The molecule has 1 saturated carbocycles. The highest BCUT2D eigenvalue weighted by Gasteiger charge is 2.30. The van der Waals surface area contributed by atoms with Crippen LogP contribution in [0.1, 0.15) is 29.6 Å². The molecule has 0 unspecified atom stereocenters. The molecule has 1 aliphatic carbocycles. The molecule has 20 heavy (non-hydrogen) atoms. The number of Topliss-reactive ketones (excluding diaryl/α,β-unsaturated/α-hetero) is 2. The molecule has 0 amide bonds. The predicted molar refractivity (Wildman–Crippen MR) is 74.0 cm³/mol. The molecule has 0 bridgehead atoms. The SMILES string of the molecule is CN(C)S(=O)(=O)c1ccc(C(=O)CC(=O)C2CC2)cc1. The van der Waals surface area contributed by atoms with Crippen LogP contribution in [0.3, 0.4) is 0 Å². The second-order valence-corrected chi connectivity index (χ2v) is 7.30. The second-order valence-electron chi connectivity index (χ2n) is 5.15. The van der Waals surface area contributed by atoms with E-state index >= 15 is 0 Å². The summed E-state index contributed by atoms with van der Waals surface area (Å²) in [4.78, 5) is 23.6. The fourth-order valence-electron chi connectivity index (χ4n) is 1.83. The molecule has 1 aliphatic rings. The van der Waals surface area contributed by atoms with Crippen molar-refractivity contribution < 1.29 is 18.0 Å². The number of carbonyl (C=O) groups is 2. The van der Waals surface area contributed by atoms with Gasteiger partial charge in [-0.1, -0.05) is 12.1 Å². The molecule has 108 valence electrons. The van der Waals surface area contributed by atoms with Gasteiger partial charge in [0, 0.05) is 25.6 Å². The molecule has 2 rings (SSSR count). The summed E-state index contributed by atoms with van der Waals surface area (Å²) in [5.74, 6) is -0.206. The average molecular weight is 295 g/mol. The quantitative estimate of drug-likeness (QED) is 0.589. The number of sulfonamides is 1. The van der Waals surface area contributed by atoms with E-state index < -0.39 is 10.0 Å². The zero-order valence-corrected chi connectivity index (χ0v) is 12.3. The molecule has 6 heteroatoms. The molecule has 0 aromatic heterocycles. The van der Waals surface area contributed by atoms with Crippen molar-refractivity contribution >= 4 is 21.6 Å². The van der Waals surface area contributed by atoms with Crippen molar-refractivity contribution in [1.29, 1.82) is 0 Å². The normalized spacial score (nSPS) is 15.3. The van der Waals surface area contributed by atoms with E-state index in [0.717, 1.165) is 17.1 Å². The minimum Gasteiger partial charge on any atom is -0.299 e. The maximum absolute atomic E-state index is 11.9. The van der Waals surface area contributed by atoms with Gasteiger partial charge in [-0.15, -0.1) is 0 Å². The standard InChI is InChI=1S/C14H17NO4S/c1-15(2)20(18,19)12-7-5-11(6-8-12)14(17)9-13(16)10-3-4-10/h5-8,10H,3-4,9H2,1-2H3. The highest BCUT2D eigenvalue weighted by molar-refractivity contribution is 7.89. The summed E-state index contributed by atoms with van der Waals surface area (Å²) in [7, 11) is -0.597. The molecule has 1 aromatic carbocycles. The van der Waals surface area contributed by atoms with E-state index in [9.17, 15) is 18.0 Å². The van der Waals surface area contributed by atoms with Gasteiger partial charge < -0.3 is 0 Å². The van der Waals surface area contributed by atoms with E-state index in [0.29, 0.717) is 5.56 Å². The molecule has 1 aromatic rings. The molecule has 0 saturated heterocycles. The van der Waals surface area contributed by atoms with Gasteiger partial charge in [0.15, 0.2) is 5.78 Å². The first-order valence-corrected chi connectivity index (χ1v) is 7.85. The zero-order valence-electron chi connectivity index (χ0n) is 11.5. The number of hydrogen-bond donors (Lipinski definition) is 0. The first-order chi connectivity index (χ1) is 9.32. The lowest BCUT2D eigenvalue weighted by atomic mass is 10.0. The molecule has 0 spiro atoms. The van der Waals surface area contributed by atoms with Gasteiger partial charge in [-0.3, -0.25) is 9.59 Å². The monoisotopic (exact) mass is 295 g/mol. The summed E-state index contributed by atoms with van der Waals surface area (Å²) in [6.07, 6.45) is 1.67. The Kier molecular flexibility index (Phi) is 4.06. The minimum absolute atomic E-state index is 0.0139. The molecule has 0 radical (unpaired) electrons. The Balaban J connectivity index is 2.11. The number of ketones is 2. The second kappa shape index (κ2) is 5.46. The third-order valence-electron chi connectivity index (χ3n) is 3.32. The van der Waals surface area contributed by atoms with E-state index in [1.165, 1.54) is 38.4 Å². The van der Waals surface area contributed by atoms with Crippen LogP contribution in [0.15, 0.2) is 29.2 Å². The van der Waals surface area contributed by atoms with Crippen LogP contribution in [0.2, 0.25) is 0 Å². The van der Waals surface area contributed by atoms with Crippen molar-refractivity contribution in [2.24, 2.45) is 5.92 Å². The van der Waals surface area contributed by atoms with E-state index in [1.807, 2.05) is 0 Å². The molecule has 5 nitrogen and oxygen atoms in total. The fraction of sp³-hybridized carbons (Fsp3) is 0.429. The van der Waals surface area contributed by atoms with Crippen LogP contribution in [0.5, 0.6) is 0 Å². The molecule has 0 aliphatic heterocycles. The van der Waals surface area contributed by atoms with Crippen LogP contribution in [0.4, 0.5) is 0 Å². The maximum Gasteiger partial charge on any atom is 0.242 e. The van der Waals surface area contributed by atoms with Crippen LogP contribution >= 0.6 is 0 Å². The Bertz CT molecular complexity index is 628. The van der Waals surface area contributed by atoms with Gasteiger partial charge in [-0.25, -0.2) is 12.7 Å². The Hall–Kier alpha value is -1.53. The third kappa shape index (κ3) is 3.13. The summed E-state index contributed by atoms with van der Waals surface area (Å²) < 4.78 is 24.9. The molecular formula is C14H17NO4S. The van der Waals surface area contributed by atoms with Crippen molar-refractivity contribution in [2.75, 3.05) is 14.1 Å². The Labute approximate surface area is 118 Å². The number of benzene rings is 1. The zero-order chi connectivity index (χ0) is 14.9. The summed E-state index contributed by atoms with van der Waals surface area (Å²) in [5, 5.41) is 0. The third-order valence-corrected chi connectivity index (χ3v) is 5.15. The maximum atomic E-state index is 11.9. The molecule has 1 fully saturated rings. The van der Waals surface area contributed by atoms with Gasteiger partial charge in [0.2, 0.25) is 10.0 Å². The van der Waals surface area contributed by atoms with E-state index in [-0.39, 0.29) is 28.8 Å². The topological polar surface area (TPSA) is 71.5 Å². The smallest absolute Gasteiger partial charge is 0.242 e. The van der Waals surface area contributed by atoms with Gasteiger partial charge in [-0.05, 0) is 25.0 Å². The lowest BCUT2D eigenvalue weighted by molar-refractivity contribution is -0.119. The van der Waals surface area contributed by atoms with Crippen LogP contribution in [-0.2, 0) is 14.8 Å². The summed E-state index contributed by atoms with van der Waals surface area (Å²) >= 11 is 0. The van der Waals surface area contributed by atoms with Crippen molar-refractivity contribution in [2.45, 2.75) is 24.2 Å². The number of rotatable bonds is 6. The lowest BCUT2D eigenvalue weighted by Crippen LogP contribution is -2.22. The number of carbonyl (C=O) groups excluding carboxylic acids is 2. The van der Waals surface area contributed by atoms with E-state index in [4.69, 9.17) is 0 Å². The van der Waals surface area contributed by atoms with Gasteiger partial charge in [0.05, 0.1) is 11.3 Å². The number of nitrogens with zero attached hydrogens (tertiary/aromatic N) is 1. The van der Waals surface area contributed by atoms with Crippen LogP contribution in [-0.4, -0.2) is 38.4 Å². The fourth-order valence-corrected chi connectivity index (χ4v) is 2.74. The number of hydrogen-bond acceptors (Lipinski definition) is 4.